The molecule has 1 amide bonds. The number of amides is 1. The van der Waals surface area contributed by atoms with E-state index in [9.17, 15) is 9.90 Å². The predicted octanol–water partition coefficient (Wildman–Crippen LogP) is 1.36. The molecule has 18 heavy (non-hydrogen) atoms. The summed E-state index contributed by atoms with van der Waals surface area (Å²) < 4.78 is 5.06. The van der Waals surface area contributed by atoms with Crippen molar-refractivity contribution < 1.29 is 14.4 Å². The van der Waals surface area contributed by atoms with Crippen LogP contribution in [-0.2, 0) is 10.5 Å². The Morgan fingerprint density at radius 1 is 1.56 bits per heavy atom. The number of rotatable bonds is 6. The summed E-state index contributed by atoms with van der Waals surface area (Å²) in [5, 5.41) is 13.1. The van der Waals surface area contributed by atoms with Crippen molar-refractivity contribution in [3.05, 3.63) is 17.0 Å². The second-order valence-corrected chi connectivity index (χ2v) is 5.40. The van der Waals surface area contributed by atoms with Crippen LogP contribution in [0.4, 0.5) is 0 Å². The molecule has 1 aromatic rings. The minimum absolute atomic E-state index is 0.0210. The summed E-state index contributed by atoms with van der Waals surface area (Å²) in [4.78, 5) is 13.3. The topological polar surface area (TPSA) is 66.6 Å². The monoisotopic (exact) mass is 272 g/mol. The van der Waals surface area contributed by atoms with Crippen LogP contribution in [0.5, 0.6) is 0 Å². The van der Waals surface area contributed by atoms with Gasteiger partial charge in [-0.3, -0.25) is 4.79 Å². The lowest BCUT2D eigenvalue weighted by Gasteiger charge is -2.18. The Bertz CT molecular complexity index is 385. The van der Waals surface area contributed by atoms with Crippen molar-refractivity contribution in [1.82, 2.24) is 10.1 Å². The van der Waals surface area contributed by atoms with Crippen LogP contribution < -0.4 is 0 Å². The largest absolute Gasteiger partial charge is 0.392 e. The van der Waals surface area contributed by atoms with E-state index in [1.54, 1.807) is 18.9 Å². The number of aryl methyl sites for hydroxylation is 2. The van der Waals surface area contributed by atoms with E-state index in [4.69, 9.17) is 4.52 Å². The standard InChI is InChI=1S/C12H20N2O3S/c1-8(15)5-14(4)12(16)7-18-6-11-9(2)13-17-10(11)3/h8,15H,5-7H2,1-4H3. The molecule has 0 aliphatic carbocycles. The molecule has 1 unspecified atom stereocenters. The lowest BCUT2D eigenvalue weighted by Crippen LogP contribution is -2.34. The van der Waals surface area contributed by atoms with Gasteiger partial charge in [0.25, 0.3) is 0 Å². The van der Waals surface area contributed by atoms with E-state index < -0.39 is 6.10 Å². The van der Waals surface area contributed by atoms with Gasteiger partial charge in [-0.05, 0) is 20.8 Å². The predicted molar refractivity (Wildman–Crippen MR) is 71.5 cm³/mol. The molecule has 0 aliphatic rings. The van der Waals surface area contributed by atoms with E-state index in [0.717, 1.165) is 22.8 Å². The zero-order chi connectivity index (χ0) is 13.7. The highest BCUT2D eigenvalue weighted by atomic mass is 32.2. The highest BCUT2D eigenvalue weighted by Crippen LogP contribution is 2.19. The zero-order valence-corrected chi connectivity index (χ0v) is 12.1. The first-order chi connectivity index (χ1) is 8.41. The van der Waals surface area contributed by atoms with Gasteiger partial charge in [0.15, 0.2) is 0 Å². The Hall–Kier alpha value is -1.01. The fourth-order valence-electron chi connectivity index (χ4n) is 1.56. The molecule has 0 saturated heterocycles. The van der Waals surface area contributed by atoms with E-state index in [0.29, 0.717) is 12.3 Å². The summed E-state index contributed by atoms with van der Waals surface area (Å²) in [5.74, 6) is 1.94. The van der Waals surface area contributed by atoms with Crippen LogP contribution in [0, 0.1) is 13.8 Å². The Labute approximate surface area is 112 Å². The van der Waals surface area contributed by atoms with E-state index in [2.05, 4.69) is 5.16 Å². The Balaban J connectivity index is 2.36. The fourth-order valence-corrected chi connectivity index (χ4v) is 2.67. The van der Waals surface area contributed by atoms with Gasteiger partial charge in [0.2, 0.25) is 5.91 Å². The molecule has 0 saturated carbocycles. The van der Waals surface area contributed by atoms with Gasteiger partial charge < -0.3 is 14.5 Å². The van der Waals surface area contributed by atoms with Crippen molar-refractivity contribution in [3.8, 4) is 0 Å². The molecular weight excluding hydrogens is 252 g/mol. The lowest BCUT2D eigenvalue weighted by molar-refractivity contribution is -0.128. The molecule has 0 spiro atoms. The van der Waals surface area contributed by atoms with Crippen LogP contribution in [0.1, 0.15) is 23.9 Å². The first-order valence-electron chi connectivity index (χ1n) is 5.83. The molecule has 0 aliphatic heterocycles. The van der Waals surface area contributed by atoms with E-state index in [-0.39, 0.29) is 5.91 Å². The Kier molecular flexibility index (Phi) is 5.68. The molecule has 0 radical (unpaired) electrons. The molecular formula is C12H20N2O3S. The molecule has 1 N–H and O–H groups in total. The van der Waals surface area contributed by atoms with Gasteiger partial charge in [0, 0.05) is 24.9 Å². The summed E-state index contributed by atoms with van der Waals surface area (Å²) in [5.41, 5.74) is 1.94. The maximum atomic E-state index is 11.7. The van der Waals surface area contributed by atoms with Crippen LogP contribution in [0.15, 0.2) is 4.52 Å². The smallest absolute Gasteiger partial charge is 0.232 e. The van der Waals surface area contributed by atoms with Crippen LogP contribution >= 0.6 is 11.8 Å². The molecule has 0 bridgehead atoms. The van der Waals surface area contributed by atoms with Gasteiger partial charge in [-0.15, -0.1) is 11.8 Å². The number of thioether (sulfide) groups is 1. The SMILES string of the molecule is Cc1noc(C)c1CSCC(=O)N(C)CC(C)O. The average Bonchev–Trinajstić information content (AvgIpc) is 2.59. The summed E-state index contributed by atoms with van der Waals surface area (Å²) in [6, 6.07) is 0. The number of likely N-dealkylation sites (N-methyl/N-ethyl adjacent to an activating group) is 1. The summed E-state index contributed by atoms with van der Waals surface area (Å²) >= 11 is 1.53. The highest BCUT2D eigenvalue weighted by Gasteiger charge is 2.13. The van der Waals surface area contributed by atoms with Gasteiger partial charge in [0.1, 0.15) is 5.76 Å². The first-order valence-corrected chi connectivity index (χ1v) is 6.98. The Morgan fingerprint density at radius 3 is 2.72 bits per heavy atom. The molecule has 1 heterocycles. The van der Waals surface area contributed by atoms with Gasteiger partial charge in [0.05, 0.1) is 17.6 Å². The fraction of sp³-hybridized carbons (Fsp3) is 0.667. The van der Waals surface area contributed by atoms with Crippen molar-refractivity contribution in [2.75, 3.05) is 19.3 Å². The maximum Gasteiger partial charge on any atom is 0.232 e. The molecule has 0 fully saturated rings. The molecule has 1 aromatic heterocycles. The van der Waals surface area contributed by atoms with E-state index in [1.165, 1.54) is 11.8 Å². The van der Waals surface area contributed by atoms with Gasteiger partial charge in [-0.1, -0.05) is 5.16 Å². The van der Waals surface area contributed by atoms with Crippen molar-refractivity contribution in [3.63, 3.8) is 0 Å². The summed E-state index contributed by atoms with van der Waals surface area (Å²) in [6.07, 6.45) is -0.494. The van der Waals surface area contributed by atoms with Gasteiger partial charge >= 0.3 is 0 Å². The quantitative estimate of drug-likeness (QED) is 0.847. The summed E-state index contributed by atoms with van der Waals surface area (Å²) in [7, 11) is 1.70. The average molecular weight is 272 g/mol. The number of aliphatic hydroxyl groups excluding tert-OH is 1. The van der Waals surface area contributed by atoms with E-state index in [1.807, 2.05) is 13.8 Å². The minimum Gasteiger partial charge on any atom is -0.392 e. The van der Waals surface area contributed by atoms with Crippen LogP contribution in [-0.4, -0.2) is 46.5 Å². The van der Waals surface area contributed by atoms with Crippen molar-refractivity contribution in [1.29, 1.82) is 0 Å². The maximum absolute atomic E-state index is 11.7. The zero-order valence-electron chi connectivity index (χ0n) is 11.3. The first kappa shape index (κ1) is 15.0. The summed E-state index contributed by atoms with van der Waals surface area (Å²) in [6.45, 7) is 5.80. The van der Waals surface area contributed by atoms with Crippen LogP contribution in [0.2, 0.25) is 0 Å². The number of nitrogens with zero attached hydrogens (tertiary/aromatic N) is 2. The molecule has 5 nitrogen and oxygen atoms in total. The Morgan fingerprint density at radius 2 is 2.22 bits per heavy atom. The van der Waals surface area contributed by atoms with Crippen LogP contribution in [0.25, 0.3) is 0 Å². The van der Waals surface area contributed by atoms with Crippen LogP contribution in [0.3, 0.4) is 0 Å². The number of aromatic nitrogens is 1. The molecule has 6 heteroatoms. The highest BCUT2D eigenvalue weighted by molar-refractivity contribution is 7.99. The number of hydrogen-bond donors (Lipinski definition) is 1. The normalized spacial score (nSPS) is 12.5. The second kappa shape index (κ2) is 6.80. The second-order valence-electron chi connectivity index (χ2n) is 4.42. The third kappa shape index (κ3) is 4.34. The van der Waals surface area contributed by atoms with E-state index >= 15 is 0 Å². The third-order valence-electron chi connectivity index (χ3n) is 2.62. The molecule has 1 rings (SSSR count). The van der Waals surface area contributed by atoms with Crippen molar-refractivity contribution in [2.45, 2.75) is 32.6 Å². The number of aliphatic hydroxyl groups is 1. The molecule has 1 atom stereocenters. The van der Waals surface area contributed by atoms with Crippen molar-refractivity contribution in [2.24, 2.45) is 0 Å². The van der Waals surface area contributed by atoms with Gasteiger partial charge in [-0.2, -0.15) is 0 Å². The number of carbonyl (C=O) groups excluding carboxylic acids is 1. The lowest BCUT2D eigenvalue weighted by atomic mass is 10.2. The number of carbonyl (C=O) groups is 1. The third-order valence-corrected chi connectivity index (χ3v) is 3.56. The number of hydrogen-bond acceptors (Lipinski definition) is 5. The minimum atomic E-state index is -0.494. The van der Waals surface area contributed by atoms with Gasteiger partial charge in [-0.25, -0.2) is 0 Å². The van der Waals surface area contributed by atoms with Crippen molar-refractivity contribution >= 4 is 17.7 Å². The molecule has 102 valence electrons. The molecule has 0 aromatic carbocycles.